The highest BCUT2D eigenvalue weighted by atomic mass is 32.2. The predicted molar refractivity (Wildman–Crippen MR) is 88.0 cm³/mol. The Hall–Kier alpha value is -2.06. The topological polar surface area (TPSA) is 84.0 Å². The first kappa shape index (κ1) is 14.9. The first-order valence-corrected chi connectivity index (χ1v) is 9.01. The molecule has 0 amide bonds. The molecule has 0 spiro atoms. The molecule has 22 heavy (non-hydrogen) atoms. The van der Waals surface area contributed by atoms with E-state index in [1.807, 2.05) is 13.0 Å². The molecule has 0 saturated heterocycles. The van der Waals surface area contributed by atoms with Crippen LogP contribution in [0.15, 0.2) is 39.3 Å². The maximum atomic E-state index is 12.4. The summed E-state index contributed by atoms with van der Waals surface area (Å²) in [6.07, 6.45) is 0.803. The van der Waals surface area contributed by atoms with Gasteiger partial charge in [-0.05, 0) is 36.8 Å². The number of hydrogen-bond donors (Lipinski definition) is 2. The van der Waals surface area contributed by atoms with E-state index in [1.165, 1.54) is 15.9 Å². The predicted octanol–water partition coefficient (Wildman–Crippen LogP) is 2.29. The molecular weight excluding hydrogens is 322 g/mol. The van der Waals surface area contributed by atoms with Crippen molar-refractivity contribution in [1.82, 2.24) is 9.55 Å². The number of benzene rings is 1. The van der Waals surface area contributed by atoms with Crippen molar-refractivity contribution < 1.29 is 8.42 Å². The first-order valence-electron chi connectivity index (χ1n) is 6.71. The Kier molecular flexibility index (Phi) is 3.57. The average molecular weight is 337 g/mol. The molecule has 0 radical (unpaired) electrons. The van der Waals surface area contributed by atoms with Gasteiger partial charge in [0, 0.05) is 11.9 Å². The molecule has 0 fully saturated rings. The second kappa shape index (κ2) is 5.29. The highest BCUT2D eigenvalue weighted by molar-refractivity contribution is 7.94. The third kappa shape index (κ3) is 2.55. The molecule has 8 heteroatoms. The van der Waals surface area contributed by atoms with Gasteiger partial charge in [0.2, 0.25) is 0 Å². The molecule has 0 unspecified atom stereocenters. The molecular formula is C14H15N3O3S2. The number of thiophene rings is 1. The molecule has 0 saturated carbocycles. The van der Waals surface area contributed by atoms with Crippen LogP contribution in [0.4, 0.5) is 5.69 Å². The van der Waals surface area contributed by atoms with E-state index in [0.717, 1.165) is 16.8 Å². The fraction of sp³-hybridized carbons (Fsp3) is 0.214. The van der Waals surface area contributed by atoms with E-state index in [2.05, 4.69) is 9.71 Å². The maximum absolute atomic E-state index is 12.4. The summed E-state index contributed by atoms with van der Waals surface area (Å²) in [5.74, 6) is 0. The van der Waals surface area contributed by atoms with Crippen LogP contribution in [0.5, 0.6) is 0 Å². The molecule has 116 valence electrons. The van der Waals surface area contributed by atoms with E-state index in [9.17, 15) is 13.2 Å². The summed E-state index contributed by atoms with van der Waals surface area (Å²) in [7, 11) is -1.95. The molecule has 1 aromatic carbocycles. The molecule has 6 nitrogen and oxygen atoms in total. The van der Waals surface area contributed by atoms with Gasteiger partial charge in [0.15, 0.2) is 0 Å². The van der Waals surface area contributed by atoms with Crippen molar-refractivity contribution in [2.75, 3.05) is 4.72 Å². The Morgan fingerprint density at radius 3 is 2.73 bits per heavy atom. The van der Waals surface area contributed by atoms with Crippen LogP contribution in [0.1, 0.15) is 11.8 Å². The van der Waals surface area contributed by atoms with Gasteiger partial charge in [0.05, 0.1) is 16.7 Å². The Bertz CT molecular complexity index is 996. The van der Waals surface area contributed by atoms with Crippen molar-refractivity contribution in [3.63, 3.8) is 0 Å². The van der Waals surface area contributed by atoms with E-state index >= 15 is 0 Å². The number of sulfonamides is 1. The summed E-state index contributed by atoms with van der Waals surface area (Å²) >= 11 is 1.26. The lowest BCUT2D eigenvalue weighted by atomic mass is 10.3. The first-order chi connectivity index (χ1) is 10.4. The number of hydrogen-bond acceptors (Lipinski definition) is 4. The Morgan fingerprint density at radius 2 is 2.05 bits per heavy atom. The Labute approximate surface area is 131 Å². The van der Waals surface area contributed by atoms with Gasteiger partial charge in [-0.15, -0.1) is 11.3 Å². The number of nitrogens with one attached hydrogen (secondary N) is 2. The molecule has 3 aromatic rings. The fourth-order valence-corrected chi connectivity index (χ4v) is 4.54. The monoisotopic (exact) mass is 337 g/mol. The van der Waals surface area contributed by atoms with Crippen molar-refractivity contribution in [3.05, 3.63) is 45.7 Å². The van der Waals surface area contributed by atoms with Gasteiger partial charge >= 0.3 is 5.69 Å². The molecule has 0 atom stereocenters. The summed E-state index contributed by atoms with van der Waals surface area (Å²) in [5.41, 5.74) is 1.49. The molecule has 0 aliphatic carbocycles. The fourth-order valence-electron chi connectivity index (χ4n) is 2.20. The Balaban J connectivity index is 1.96. The van der Waals surface area contributed by atoms with Crippen LogP contribution >= 0.6 is 11.3 Å². The number of anilines is 1. The number of imidazole rings is 1. The molecule has 2 aromatic heterocycles. The van der Waals surface area contributed by atoms with Crippen LogP contribution in [0, 0.1) is 0 Å². The van der Waals surface area contributed by atoms with Crippen LogP contribution in [-0.2, 0) is 23.5 Å². The average Bonchev–Trinajstić information content (AvgIpc) is 3.05. The van der Waals surface area contributed by atoms with Gasteiger partial charge in [-0.2, -0.15) is 0 Å². The summed E-state index contributed by atoms with van der Waals surface area (Å²) in [5, 5.41) is 0. The summed E-state index contributed by atoms with van der Waals surface area (Å²) in [4.78, 5) is 15.3. The molecule has 0 bridgehead atoms. The second-order valence-electron chi connectivity index (χ2n) is 4.90. The van der Waals surface area contributed by atoms with Crippen LogP contribution in [0.2, 0.25) is 0 Å². The van der Waals surface area contributed by atoms with Crippen LogP contribution in [0.3, 0.4) is 0 Å². The SMILES string of the molecule is CCc1ccc(S(=O)(=O)Nc2ccc3c(c2)[nH]c(=O)n3C)s1. The zero-order valence-corrected chi connectivity index (χ0v) is 13.7. The Morgan fingerprint density at radius 1 is 1.27 bits per heavy atom. The smallest absolute Gasteiger partial charge is 0.305 e. The van der Waals surface area contributed by atoms with Crippen molar-refractivity contribution in [1.29, 1.82) is 0 Å². The van der Waals surface area contributed by atoms with Crippen molar-refractivity contribution in [2.24, 2.45) is 7.05 Å². The molecule has 0 aliphatic heterocycles. The molecule has 0 aliphatic rings. The zero-order chi connectivity index (χ0) is 15.9. The number of fused-ring (bicyclic) bond motifs is 1. The summed E-state index contributed by atoms with van der Waals surface area (Å²) in [6, 6.07) is 8.38. The third-order valence-electron chi connectivity index (χ3n) is 3.41. The lowest BCUT2D eigenvalue weighted by Gasteiger charge is -2.06. The standard InChI is InChI=1S/C14H15N3O3S2/c1-3-10-5-7-13(21-10)22(19,20)16-9-4-6-12-11(8-9)15-14(18)17(12)2/h4-8,16H,3H2,1-2H3,(H,15,18). The number of aryl methyl sites for hydroxylation is 2. The summed E-state index contributed by atoms with van der Waals surface area (Å²) in [6.45, 7) is 1.98. The van der Waals surface area contributed by atoms with Crippen LogP contribution < -0.4 is 10.4 Å². The minimum Gasteiger partial charge on any atom is -0.305 e. The van der Waals surface area contributed by atoms with Gasteiger partial charge in [-0.1, -0.05) is 6.92 Å². The number of aromatic amines is 1. The lowest BCUT2D eigenvalue weighted by Crippen LogP contribution is -2.11. The number of nitrogens with zero attached hydrogens (tertiary/aromatic N) is 1. The minimum atomic E-state index is -3.60. The molecule has 3 rings (SSSR count). The van der Waals surface area contributed by atoms with E-state index in [4.69, 9.17) is 0 Å². The normalized spacial score (nSPS) is 11.9. The second-order valence-corrected chi connectivity index (χ2v) is 7.98. The van der Waals surface area contributed by atoms with Crippen molar-refractivity contribution in [2.45, 2.75) is 17.6 Å². The van der Waals surface area contributed by atoms with Crippen molar-refractivity contribution in [3.8, 4) is 0 Å². The maximum Gasteiger partial charge on any atom is 0.326 e. The van der Waals surface area contributed by atoms with Crippen LogP contribution in [-0.4, -0.2) is 18.0 Å². The van der Waals surface area contributed by atoms with E-state index in [0.29, 0.717) is 11.2 Å². The van der Waals surface area contributed by atoms with Gasteiger partial charge < -0.3 is 4.98 Å². The van der Waals surface area contributed by atoms with E-state index < -0.39 is 10.0 Å². The van der Waals surface area contributed by atoms with Crippen LogP contribution in [0.25, 0.3) is 11.0 Å². The van der Waals surface area contributed by atoms with Gasteiger partial charge in [-0.25, -0.2) is 13.2 Å². The molecule has 2 heterocycles. The van der Waals surface area contributed by atoms with Gasteiger partial charge in [0.25, 0.3) is 10.0 Å². The minimum absolute atomic E-state index is 0.235. The number of H-pyrrole nitrogens is 1. The van der Waals surface area contributed by atoms with Gasteiger partial charge in [-0.3, -0.25) is 9.29 Å². The highest BCUT2D eigenvalue weighted by Crippen LogP contribution is 2.25. The van der Waals surface area contributed by atoms with E-state index in [-0.39, 0.29) is 9.90 Å². The quantitative estimate of drug-likeness (QED) is 0.766. The highest BCUT2D eigenvalue weighted by Gasteiger charge is 2.17. The summed E-state index contributed by atoms with van der Waals surface area (Å²) < 4.78 is 29.0. The van der Waals surface area contributed by atoms with Crippen molar-refractivity contribution >= 4 is 38.1 Å². The lowest BCUT2D eigenvalue weighted by molar-refractivity contribution is 0.603. The largest absolute Gasteiger partial charge is 0.326 e. The zero-order valence-electron chi connectivity index (χ0n) is 12.1. The molecule has 2 N–H and O–H groups in total. The number of rotatable bonds is 4. The van der Waals surface area contributed by atoms with E-state index in [1.54, 1.807) is 31.3 Å². The number of aromatic nitrogens is 2. The third-order valence-corrected chi connectivity index (χ3v) is 6.51. The van der Waals surface area contributed by atoms with Gasteiger partial charge in [0.1, 0.15) is 4.21 Å².